The molecule has 0 aliphatic heterocycles. The van der Waals surface area contributed by atoms with Gasteiger partial charge in [-0.05, 0) is 18.2 Å². The SMILES string of the molecule is N/C(=N\C(N)=N\c1nc2ccccc2s1)c1ncc(Cl)cc1Cl. The Kier molecular flexibility index (Phi) is 4.42. The highest BCUT2D eigenvalue weighted by atomic mass is 35.5. The van der Waals surface area contributed by atoms with E-state index in [2.05, 4.69) is 20.0 Å². The number of nitrogens with two attached hydrogens (primary N) is 2. The van der Waals surface area contributed by atoms with Gasteiger partial charge in [0, 0.05) is 6.20 Å². The highest BCUT2D eigenvalue weighted by molar-refractivity contribution is 7.22. The van der Waals surface area contributed by atoms with Crippen molar-refractivity contribution in [2.75, 3.05) is 0 Å². The van der Waals surface area contributed by atoms with Crippen LogP contribution >= 0.6 is 34.5 Å². The van der Waals surface area contributed by atoms with Crippen LogP contribution in [0.4, 0.5) is 5.13 Å². The van der Waals surface area contributed by atoms with Crippen LogP contribution in [0.5, 0.6) is 0 Å². The lowest BCUT2D eigenvalue weighted by Crippen LogP contribution is -2.21. The van der Waals surface area contributed by atoms with Crippen LogP contribution in [0.15, 0.2) is 46.5 Å². The summed E-state index contributed by atoms with van der Waals surface area (Å²) in [6.07, 6.45) is 1.42. The van der Waals surface area contributed by atoms with Crippen molar-refractivity contribution in [3.8, 4) is 0 Å². The molecule has 0 amide bonds. The highest BCUT2D eigenvalue weighted by Crippen LogP contribution is 2.27. The number of rotatable bonds is 2. The van der Waals surface area contributed by atoms with Crippen LogP contribution in [-0.4, -0.2) is 21.8 Å². The maximum absolute atomic E-state index is 6.02. The molecule has 1 aromatic carbocycles. The van der Waals surface area contributed by atoms with Gasteiger partial charge in [0.05, 0.1) is 20.3 Å². The first-order valence-corrected chi connectivity index (χ1v) is 7.95. The smallest absolute Gasteiger partial charge is 0.224 e. The average Bonchev–Trinajstić information content (AvgIpc) is 2.88. The molecule has 0 saturated carbocycles. The van der Waals surface area contributed by atoms with Gasteiger partial charge in [-0.1, -0.05) is 46.7 Å². The summed E-state index contributed by atoms with van der Waals surface area (Å²) in [6, 6.07) is 9.22. The molecule has 0 saturated heterocycles. The lowest BCUT2D eigenvalue weighted by atomic mass is 10.3. The van der Waals surface area contributed by atoms with Gasteiger partial charge in [0.2, 0.25) is 11.1 Å². The number of aromatic nitrogens is 2. The third kappa shape index (κ3) is 3.58. The molecule has 9 heteroatoms. The molecule has 2 aromatic heterocycles. The molecule has 0 fully saturated rings. The Hall–Kier alpha value is -2.22. The van der Waals surface area contributed by atoms with E-state index in [0.717, 1.165) is 10.2 Å². The predicted molar refractivity (Wildman–Crippen MR) is 95.9 cm³/mol. The summed E-state index contributed by atoms with van der Waals surface area (Å²) in [4.78, 5) is 16.5. The van der Waals surface area contributed by atoms with Gasteiger partial charge in [-0.2, -0.15) is 9.98 Å². The number of fused-ring (bicyclic) bond motifs is 1. The van der Waals surface area contributed by atoms with Crippen LogP contribution in [-0.2, 0) is 0 Å². The van der Waals surface area contributed by atoms with Gasteiger partial charge in [-0.3, -0.25) is 0 Å². The zero-order valence-corrected chi connectivity index (χ0v) is 13.9. The number of hydrogen-bond acceptors (Lipinski definition) is 4. The molecule has 4 N–H and O–H groups in total. The molecular weight excluding hydrogens is 355 g/mol. The number of para-hydroxylation sites is 1. The standard InChI is InChI=1S/C14H10Cl2N6S/c15-7-5-8(16)11(19-6-7)12(17)21-13(18)22-14-20-9-3-1-2-4-10(9)23-14/h1-6H,(H4,17,18,20,21,22). The van der Waals surface area contributed by atoms with Crippen LogP contribution in [0.1, 0.15) is 5.69 Å². The Morgan fingerprint density at radius 2 is 1.96 bits per heavy atom. The first-order valence-electron chi connectivity index (χ1n) is 6.38. The lowest BCUT2D eigenvalue weighted by molar-refractivity contribution is 1.27. The number of nitrogens with zero attached hydrogens (tertiary/aromatic N) is 4. The zero-order valence-electron chi connectivity index (χ0n) is 11.6. The van der Waals surface area contributed by atoms with Gasteiger partial charge in [-0.25, -0.2) is 9.97 Å². The van der Waals surface area contributed by atoms with E-state index in [1.54, 1.807) is 0 Å². The molecular formula is C14H10Cl2N6S. The van der Waals surface area contributed by atoms with Crippen molar-refractivity contribution in [1.29, 1.82) is 0 Å². The molecule has 0 aliphatic rings. The van der Waals surface area contributed by atoms with Crippen molar-refractivity contribution in [3.05, 3.63) is 52.3 Å². The topological polar surface area (TPSA) is 103 Å². The first-order chi connectivity index (χ1) is 11.0. The van der Waals surface area contributed by atoms with Gasteiger partial charge in [0.1, 0.15) is 5.69 Å². The molecule has 3 rings (SSSR count). The summed E-state index contributed by atoms with van der Waals surface area (Å²) in [5.41, 5.74) is 12.8. The van der Waals surface area contributed by atoms with E-state index in [1.165, 1.54) is 23.6 Å². The van der Waals surface area contributed by atoms with E-state index in [4.69, 9.17) is 34.7 Å². The second-order valence-corrected chi connectivity index (χ2v) is 6.27. The minimum Gasteiger partial charge on any atom is -0.382 e. The van der Waals surface area contributed by atoms with Crippen molar-refractivity contribution in [2.45, 2.75) is 0 Å². The van der Waals surface area contributed by atoms with E-state index in [1.807, 2.05) is 24.3 Å². The molecule has 116 valence electrons. The molecule has 0 spiro atoms. The number of aliphatic imine (C=N–C) groups is 2. The van der Waals surface area contributed by atoms with E-state index >= 15 is 0 Å². The largest absolute Gasteiger partial charge is 0.382 e. The minimum absolute atomic E-state index is 0.0330. The molecule has 3 aromatic rings. The predicted octanol–water partition coefficient (Wildman–Crippen LogP) is 3.35. The Morgan fingerprint density at radius 3 is 2.70 bits per heavy atom. The van der Waals surface area contributed by atoms with Crippen LogP contribution in [0.2, 0.25) is 10.0 Å². The molecule has 0 radical (unpaired) electrons. The number of hydrogen-bond donors (Lipinski definition) is 2. The van der Waals surface area contributed by atoms with Crippen LogP contribution in [0.25, 0.3) is 10.2 Å². The van der Waals surface area contributed by atoms with Crippen molar-refractivity contribution in [1.82, 2.24) is 9.97 Å². The molecule has 23 heavy (non-hydrogen) atoms. The lowest BCUT2D eigenvalue weighted by Gasteiger charge is -2.02. The second-order valence-electron chi connectivity index (χ2n) is 4.42. The fourth-order valence-corrected chi connectivity index (χ4v) is 3.13. The Labute approximate surface area is 145 Å². The number of pyridine rings is 1. The average molecular weight is 365 g/mol. The molecule has 0 aliphatic carbocycles. The highest BCUT2D eigenvalue weighted by Gasteiger charge is 2.08. The molecule has 2 heterocycles. The van der Waals surface area contributed by atoms with Crippen LogP contribution in [0, 0.1) is 0 Å². The van der Waals surface area contributed by atoms with E-state index in [0.29, 0.717) is 15.8 Å². The maximum atomic E-state index is 6.02. The maximum Gasteiger partial charge on any atom is 0.224 e. The summed E-state index contributed by atoms with van der Waals surface area (Å²) in [6.45, 7) is 0. The number of benzene rings is 1. The van der Waals surface area contributed by atoms with Crippen LogP contribution in [0.3, 0.4) is 0 Å². The molecule has 6 nitrogen and oxygen atoms in total. The summed E-state index contributed by atoms with van der Waals surface area (Å²) in [5.74, 6) is 0.0170. The Bertz CT molecular complexity index is 901. The van der Waals surface area contributed by atoms with E-state index < -0.39 is 0 Å². The number of guanidine groups is 1. The zero-order chi connectivity index (χ0) is 16.4. The monoisotopic (exact) mass is 364 g/mol. The third-order valence-electron chi connectivity index (χ3n) is 2.78. The Morgan fingerprint density at radius 1 is 1.17 bits per heavy atom. The normalized spacial score (nSPS) is 12.8. The van der Waals surface area contributed by atoms with Gasteiger partial charge in [-0.15, -0.1) is 0 Å². The van der Waals surface area contributed by atoms with Crippen molar-refractivity contribution in [2.24, 2.45) is 21.5 Å². The first kappa shape index (κ1) is 15.7. The van der Waals surface area contributed by atoms with Crippen LogP contribution < -0.4 is 11.5 Å². The molecule has 0 atom stereocenters. The fourth-order valence-electron chi connectivity index (χ4n) is 1.81. The fraction of sp³-hybridized carbons (Fsp3) is 0. The number of amidine groups is 1. The summed E-state index contributed by atoms with van der Waals surface area (Å²) in [5, 5.41) is 1.18. The summed E-state index contributed by atoms with van der Waals surface area (Å²) >= 11 is 13.2. The third-order valence-corrected chi connectivity index (χ3v) is 4.20. The van der Waals surface area contributed by atoms with Gasteiger partial charge in [0.15, 0.2) is 5.84 Å². The summed E-state index contributed by atoms with van der Waals surface area (Å²) in [7, 11) is 0. The quantitative estimate of drug-likeness (QED) is 0.537. The van der Waals surface area contributed by atoms with Gasteiger partial charge in [0.25, 0.3) is 0 Å². The van der Waals surface area contributed by atoms with E-state index in [-0.39, 0.29) is 16.8 Å². The van der Waals surface area contributed by atoms with Crippen molar-refractivity contribution < 1.29 is 0 Å². The van der Waals surface area contributed by atoms with Crippen molar-refractivity contribution in [3.63, 3.8) is 0 Å². The van der Waals surface area contributed by atoms with E-state index in [9.17, 15) is 0 Å². The second kappa shape index (κ2) is 6.49. The minimum atomic E-state index is -0.0330. The Balaban J connectivity index is 1.90. The van der Waals surface area contributed by atoms with Crippen molar-refractivity contribution >= 4 is 61.7 Å². The number of halogens is 2. The molecule has 0 bridgehead atoms. The van der Waals surface area contributed by atoms with Gasteiger partial charge < -0.3 is 11.5 Å². The number of thiazole rings is 1. The summed E-state index contributed by atoms with van der Waals surface area (Å²) < 4.78 is 1.01. The molecule has 0 unspecified atom stereocenters. The van der Waals surface area contributed by atoms with Gasteiger partial charge >= 0.3 is 0 Å².